The first-order valence-electron chi connectivity index (χ1n) is 23.4. The number of aliphatic hydroxyl groups excluding tert-OH is 1. The van der Waals surface area contributed by atoms with Crippen molar-refractivity contribution in [1.82, 2.24) is 40.4 Å². The highest BCUT2D eigenvalue weighted by Gasteiger charge is 2.44. The van der Waals surface area contributed by atoms with Gasteiger partial charge in [-0.3, -0.25) is 19.4 Å². The molecular weight excluding hydrogens is 857 g/mol. The number of aliphatic hydroxyl groups is 1. The van der Waals surface area contributed by atoms with Crippen molar-refractivity contribution in [2.75, 3.05) is 69.1 Å². The Morgan fingerprint density at radius 3 is 2.59 bits per heavy atom. The zero-order chi connectivity index (χ0) is 46.1. The summed E-state index contributed by atoms with van der Waals surface area (Å²) in [6.07, 6.45) is 1.47. The Hall–Kier alpha value is -5.62. The Bertz CT molecular complexity index is 2480. The number of fused-ring (bicyclic) bond motifs is 3. The van der Waals surface area contributed by atoms with Gasteiger partial charge in [-0.15, -0.1) is 21.5 Å². The van der Waals surface area contributed by atoms with Crippen LogP contribution in [0.15, 0.2) is 70.7 Å². The van der Waals surface area contributed by atoms with Crippen LogP contribution in [0.5, 0.6) is 11.6 Å². The van der Waals surface area contributed by atoms with Crippen LogP contribution in [0.3, 0.4) is 0 Å². The number of anilines is 2. The molecule has 17 heteroatoms. The molecule has 66 heavy (non-hydrogen) atoms. The van der Waals surface area contributed by atoms with E-state index in [9.17, 15) is 19.8 Å². The van der Waals surface area contributed by atoms with E-state index in [2.05, 4.69) is 45.7 Å². The van der Waals surface area contributed by atoms with Crippen LogP contribution in [-0.4, -0.2) is 140 Å². The van der Waals surface area contributed by atoms with Gasteiger partial charge < -0.3 is 39.9 Å². The van der Waals surface area contributed by atoms with Gasteiger partial charge in [-0.2, -0.15) is 0 Å². The molecule has 5 aromatic rings. The number of para-hydroxylation sites is 1. The maximum atomic E-state index is 14.3. The number of carbonyl (C=O) groups is 2. The monoisotopic (exact) mass is 918 g/mol. The number of hydrogen-bond acceptors (Lipinski definition) is 15. The standard InChI is InChI=1S/C49H62N10O6S/c1-29(2)45(49(63)59-27-37(60)19-41(59)48(62)52-31(4)34-12-14-35(15-13-34)46-32(5)51-28-66-46)43-21-44(55-65-43)64-30(3)23-56-16-8-9-33(24-56)25-57-17-18-58-36(26-57)22-50-47-40(58)20-39(53-54-47)38-10-6-7-11-42(38)61/h6-7,10-15,20-21,28-31,33,36-37,41,45,60-61H,8-9,16-19,22-27H2,1-5H3,(H,50,54)(H,52,62)/t30-,31+,33+,36+,37-,41+,45-/m1/s1. The fourth-order valence-corrected chi connectivity index (χ4v) is 11.2. The first-order valence-corrected chi connectivity index (χ1v) is 24.3. The summed E-state index contributed by atoms with van der Waals surface area (Å²) in [5, 5.41) is 40.9. The van der Waals surface area contributed by atoms with Gasteiger partial charge in [-0.05, 0) is 86.5 Å². The number of benzene rings is 2. The molecule has 0 spiro atoms. The summed E-state index contributed by atoms with van der Waals surface area (Å²) >= 11 is 1.59. The number of nitrogens with zero attached hydrogens (tertiary/aromatic N) is 8. The number of phenolic OH excluding ortho intramolecular Hbond substituents is 1. The lowest BCUT2D eigenvalue weighted by molar-refractivity contribution is -0.141. The van der Waals surface area contributed by atoms with Crippen LogP contribution in [0.1, 0.15) is 75.9 Å². The molecule has 4 aliphatic heterocycles. The van der Waals surface area contributed by atoms with Crippen molar-refractivity contribution in [3.05, 3.63) is 83.2 Å². The average Bonchev–Trinajstić information content (AvgIpc) is 4.06. The smallest absolute Gasteiger partial charge is 0.254 e. The minimum Gasteiger partial charge on any atom is -0.507 e. The molecular formula is C49H62N10O6S. The zero-order valence-corrected chi connectivity index (χ0v) is 39.3. The topological polar surface area (TPSA) is 186 Å². The summed E-state index contributed by atoms with van der Waals surface area (Å²) in [6.45, 7) is 17.3. The van der Waals surface area contributed by atoms with E-state index in [1.807, 2.05) is 88.7 Å². The summed E-state index contributed by atoms with van der Waals surface area (Å²) < 4.78 is 12.1. The van der Waals surface area contributed by atoms with Crippen LogP contribution in [0, 0.1) is 18.8 Å². The summed E-state index contributed by atoms with van der Waals surface area (Å²) in [6, 6.07) is 18.2. The molecule has 0 unspecified atom stereocenters. The van der Waals surface area contributed by atoms with Gasteiger partial charge in [0.05, 0.1) is 45.7 Å². The molecule has 0 bridgehead atoms. The van der Waals surface area contributed by atoms with Crippen LogP contribution in [0.4, 0.5) is 11.5 Å². The SMILES string of the molecule is Cc1ncsc1-c1ccc([C@H](C)NC(=O)[C@@H]2C[C@@H](O)CN2C(=O)[C@@H](c2cc(O[C@H](C)CN3CCC[C@H](CN4CCN5c6cc(-c7ccccc7O)nnc6NC[C@H]5C4)C3)no2)C(C)C)cc1. The van der Waals surface area contributed by atoms with Crippen LogP contribution in [-0.2, 0) is 9.59 Å². The van der Waals surface area contributed by atoms with Gasteiger partial charge in [-0.1, -0.05) is 50.2 Å². The first-order chi connectivity index (χ1) is 31.9. The summed E-state index contributed by atoms with van der Waals surface area (Å²) in [4.78, 5) is 42.6. The van der Waals surface area contributed by atoms with Crippen molar-refractivity contribution >= 4 is 34.7 Å². The zero-order valence-electron chi connectivity index (χ0n) is 38.5. The fourth-order valence-electron chi connectivity index (χ4n) is 10.4. The lowest BCUT2D eigenvalue weighted by Crippen LogP contribution is -2.59. The Balaban J connectivity index is 0.764. The predicted octanol–water partition coefficient (Wildman–Crippen LogP) is 5.94. The van der Waals surface area contributed by atoms with Gasteiger partial charge in [-0.25, -0.2) is 4.98 Å². The van der Waals surface area contributed by atoms with Crippen LogP contribution in [0.25, 0.3) is 21.7 Å². The number of carbonyl (C=O) groups excluding carboxylic acids is 2. The molecule has 7 heterocycles. The molecule has 350 valence electrons. The van der Waals surface area contributed by atoms with Crippen molar-refractivity contribution in [3.8, 4) is 33.3 Å². The fraction of sp³-hybridized carbons (Fsp3) is 0.510. The molecule has 2 aromatic carbocycles. The van der Waals surface area contributed by atoms with Gasteiger partial charge in [0.2, 0.25) is 11.8 Å². The number of aromatic hydroxyl groups is 1. The number of likely N-dealkylation sites (tertiary alicyclic amines) is 2. The summed E-state index contributed by atoms with van der Waals surface area (Å²) in [7, 11) is 0. The number of hydrogen-bond donors (Lipinski definition) is 4. The quantitative estimate of drug-likeness (QED) is 0.103. The third kappa shape index (κ3) is 9.89. The molecule has 3 aromatic heterocycles. The van der Waals surface area contributed by atoms with E-state index >= 15 is 0 Å². The highest BCUT2D eigenvalue weighted by molar-refractivity contribution is 7.13. The number of aromatic nitrogens is 4. The largest absolute Gasteiger partial charge is 0.507 e. The minimum atomic E-state index is -0.824. The van der Waals surface area contributed by atoms with E-state index in [4.69, 9.17) is 9.26 Å². The number of thiazole rings is 1. The highest BCUT2D eigenvalue weighted by atomic mass is 32.1. The van der Waals surface area contributed by atoms with E-state index < -0.39 is 18.1 Å². The molecule has 2 amide bonds. The molecule has 4 aliphatic rings. The van der Waals surface area contributed by atoms with Crippen molar-refractivity contribution < 1.29 is 29.1 Å². The third-order valence-electron chi connectivity index (χ3n) is 13.7. The second kappa shape index (κ2) is 19.7. The molecule has 9 rings (SSSR count). The van der Waals surface area contributed by atoms with Crippen molar-refractivity contribution in [3.63, 3.8) is 0 Å². The van der Waals surface area contributed by atoms with Crippen molar-refractivity contribution in [1.29, 1.82) is 0 Å². The van der Waals surface area contributed by atoms with Gasteiger partial charge in [0.25, 0.3) is 5.88 Å². The number of ether oxygens (including phenoxy) is 1. The van der Waals surface area contributed by atoms with Crippen LogP contribution >= 0.6 is 11.3 Å². The van der Waals surface area contributed by atoms with E-state index in [0.717, 1.165) is 92.0 Å². The minimum absolute atomic E-state index is 0.0592. The Labute approximate surface area is 390 Å². The maximum absolute atomic E-state index is 14.3. The number of aryl methyl sites for hydroxylation is 1. The predicted molar refractivity (Wildman–Crippen MR) is 254 cm³/mol. The lowest BCUT2D eigenvalue weighted by atomic mass is 9.91. The molecule has 4 N–H and O–H groups in total. The van der Waals surface area contributed by atoms with Gasteiger partial charge in [0, 0.05) is 70.4 Å². The Morgan fingerprint density at radius 1 is 1.00 bits per heavy atom. The average molecular weight is 919 g/mol. The van der Waals surface area contributed by atoms with E-state index in [0.29, 0.717) is 34.9 Å². The van der Waals surface area contributed by atoms with Gasteiger partial charge in [0.1, 0.15) is 23.8 Å². The number of rotatable bonds is 14. The molecule has 0 aliphatic carbocycles. The van der Waals surface area contributed by atoms with E-state index in [-0.39, 0.29) is 48.6 Å². The Kier molecular flexibility index (Phi) is 13.6. The first kappa shape index (κ1) is 45.5. The second-order valence-corrected chi connectivity index (χ2v) is 19.8. The molecule has 3 saturated heterocycles. The lowest BCUT2D eigenvalue weighted by Gasteiger charge is -2.47. The van der Waals surface area contributed by atoms with Gasteiger partial charge in [0.15, 0.2) is 11.6 Å². The normalized spacial score (nSPS) is 22.6. The molecule has 16 nitrogen and oxygen atoms in total. The highest BCUT2D eigenvalue weighted by Crippen LogP contribution is 2.37. The molecule has 3 fully saturated rings. The molecule has 0 radical (unpaired) electrons. The summed E-state index contributed by atoms with van der Waals surface area (Å²) in [5.41, 5.74) is 7.21. The number of phenols is 1. The summed E-state index contributed by atoms with van der Waals surface area (Å²) in [5.74, 6) is 0.744. The number of β-amino-alcohol motifs (C(OH)–C–C–N with tert-alkyl or cyclic N) is 1. The second-order valence-electron chi connectivity index (χ2n) is 19.0. The number of nitrogens with one attached hydrogen (secondary N) is 2. The van der Waals surface area contributed by atoms with Crippen molar-refractivity contribution in [2.24, 2.45) is 11.8 Å². The van der Waals surface area contributed by atoms with Crippen LogP contribution in [0.2, 0.25) is 0 Å². The Morgan fingerprint density at radius 2 is 1.82 bits per heavy atom. The molecule has 7 atom stereocenters. The third-order valence-corrected chi connectivity index (χ3v) is 14.7. The molecule has 0 saturated carbocycles. The van der Waals surface area contributed by atoms with E-state index in [1.54, 1.807) is 23.5 Å². The maximum Gasteiger partial charge on any atom is 0.254 e. The van der Waals surface area contributed by atoms with Crippen LogP contribution < -0.4 is 20.3 Å². The van der Waals surface area contributed by atoms with Gasteiger partial charge >= 0.3 is 0 Å². The number of piperazine rings is 1. The number of amides is 2. The van der Waals surface area contributed by atoms with E-state index in [1.165, 1.54) is 11.3 Å². The number of piperidine rings is 1. The van der Waals surface area contributed by atoms with Crippen molar-refractivity contribution in [2.45, 2.75) is 90.1 Å².